The standard InChI is InChI=1S/C21H28FN5O2/c1-2-3-12-23-21-24-13-18(20(29)26-16-6-4-14(22)5-7-16)19(27-21)25-15-8-10-17(28)11-9-15/h4-7,13,15,17,28H,2-3,8-12H2,1H3,(H,26,29)(H2,23,24,25,27). The van der Waals surface area contributed by atoms with E-state index >= 15 is 0 Å². The number of aliphatic hydroxyl groups excluding tert-OH is 1. The minimum Gasteiger partial charge on any atom is -0.393 e. The number of unbranched alkanes of at least 4 members (excludes halogenated alkanes) is 1. The molecular formula is C21H28FN5O2. The Hall–Kier alpha value is -2.74. The minimum atomic E-state index is -0.366. The quantitative estimate of drug-likeness (QED) is 0.502. The summed E-state index contributed by atoms with van der Waals surface area (Å²) in [4.78, 5) is 21.6. The summed E-state index contributed by atoms with van der Waals surface area (Å²) in [7, 11) is 0. The molecule has 0 saturated heterocycles. The molecule has 0 aliphatic heterocycles. The number of amides is 1. The molecule has 0 atom stereocenters. The fraction of sp³-hybridized carbons (Fsp3) is 0.476. The molecule has 4 N–H and O–H groups in total. The SMILES string of the molecule is CCCCNc1ncc(C(=O)Nc2ccc(F)cc2)c(NC2CCC(O)CC2)n1. The van der Waals surface area contributed by atoms with Gasteiger partial charge in [-0.05, 0) is 56.4 Å². The lowest BCUT2D eigenvalue weighted by atomic mass is 9.93. The lowest BCUT2D eigenvalue weighted by Gasteiger charge is -2.27. The van der Waals surface area contributed by atoms with Crippen LogP contribution in [0.15, 0.2) is 30.5 Å². The Morgan fingerprint density at radius 1 is 1.21 bits per heavy atom. The number of halogens is 1. The minimum absolute atomic E-state index is 0.133. The van der Waals surface area contributed by atoms with E-state index in [2.05, 4.69) is 32.8 Å². The molecule has 0 radical (unpaired) electrons. The number of carbonyl (C=O) groups is 1. The first-order chi connectivity index (χ1) is 14.0. The molecule has 1 aromatic carbocycles. The molecule has 1 saturated carbocycles. The summed E-state index contributed by atoms with van der Waals surface area (Å²) in [5.41, 5.74) is 0.815. The lowest BCUT2D eigenvalue weighted by molar-refractivity contribution is 0.102. The maximum atomic E-state index is 13.1. The second-order valence-corrected chi connectivity index (χ2v) is 7.35. The first kappa shape index (κ1) is 21.0. The average Bonchev–Trinajstić information content (AvgIpc) is 2.72. The molecule has 0 unspecified atom stereocenters. The van der Waals surface area contributed by atoms with Gasteiger partial charge in [0.1, 0.15) is 17.2 Å². The largest absolute Gasteiger partial charge is 0.393 e. The van der Waals surface area contributed by atoms with Crippen LogP contribution in [-0.2, 0) is 0 Å². The Labute approximate surface area is 170 Å². The summed E-state index contributed by atoms with van der Waals surface area (Å²) in [6, 6.07) is 5.72. The Bertz CT molecular complexity index is 807. The zero-order chi connectivity index (χ0) is 20.6. The third kappa shape index (κ3) is 6.12. The zero-order valence-corrected chi connectivity index (χ0v) is 16.6. The molecule has 1 aliphatic rings. The predicted molar refractivity (Wildman–Crippen MR) is 112 cm³/mol. The van der Waals surface area contributed by atoms with Gasteiger partial charge in [-0.1, -0.05) is 13.3 Å². The molecule has 1 amide bonds. The van der Waals surface area contributed by atoms with Gasteiger partial charge in [-0.2, -0.15) is 4.98 Å². The van der Waals surface area contributed by atoms with Crippen LogP contribution in [0.2, 0.25) is 0 Å². The van der Waals surface area contributed by atoms with E-state index < -0.39 is 0 Å². The maximum Gasteiger partial charge on any atom is 0.260 e. The summed E-state index contributed by atoms with van der Waals surface area (Å²) < 4.78 is 13.1. The third-order valence-corrected chi connectivity index (χ3v) is 4.99. The Kier molecular flexibility index (Phi) is 7.35. The highest BCUT2D eigenvalue weighted by Gasteiger charge is 2.22. The second kappa shape index (κ2) is 10.2. The van der Waals surface area contributed by atoms with Gasteiger partial charge in [0.2, 0.25) is 5.95 Å². The lowest BCUT2D eigenvalue weighted by Crippen LogP contribution is -2.30. The molecule has 0 bridgehead atoms. The van der Waals surface area contributed by atoms with Crippen molar-refractivity contribution in [2.75, 3.05) is 22.5 Å². The number of nitrogens with zero attached hydrogens (tertiary/aromatic N) is 2. The van der Waals surface area contributed by atoms with Gasteiger partial charge in [-0.25, -0.2) is 9.37 Å². The molecular weight excluding hydrogens is 373 g/mol. The van der Waals surface area contributed by atoms with Crippen molar-refractivity contribution in [1.29, 1.82) is 0 Å². The van der Waals surface area contributed by atoms with E-state index in [9.17, 15) is 14.3 Å². The molecule has 7 nitrogen and oxygen atoms in total. The van der Waals surface area contributed by atoms with Crippen molar-refractivity contribution in [2.45, 2.75) is 57.6 Å². The van der Waals surface area contributed by atoms with Crippen molar-refractivity contribution < 1.29 is 14.3 Å². The zero-order valence-electron chi connectivity index (χ0n) is 16.6. The first-order valence-corrected chi connectivity index (χ1v) is 10.2. The highest BCUT2D eigenvalue weighted by molar-refractivity contribution is 6.07. The number of nitrogens with one attached hydrogen (secondary N) is 3. The van der Waals surface area contributed by atoms with E-state index in [1.807, 2.05) is 0 Å². The molecule has 156 valence electrons. The van der Waals surface area contributed by atoms with Crippen LogP contribution in [-0.4, -0.2) is 39.7 Å². The molecule has 0 spiro atoms. The summed E-state index contributed by atoms with van der Waals surface area (Å²) in [6.07, 6.45) is 6.36. The van der Waals surface area contributed by atoms with Crippen LogP contribution in [0.25, 0.3) is 0 Å². The van der Waals surface area contributed by atoms with Crippen LogP contribution in [0.4, 0.5) is 21.8 Å². The molecule has 1 fully saturated rings. The number of benzene rings is 1. The highest BCUT2D eigenvalue weighted by Crippen LogP contribution is 2.24. The average molecular weight is 401 g/mol. The van der Waals surface area contributed by atoms with Gasteiger partial charge in [0.05, 0.1) is 6.10 Å². The van der Waals surface area contributed by atoms with Gasteiger partial charge in [0.25, 0.3) is 5.91 Å². The molecule has 29 heavy (non-hydrogen) atoms. The van der Waals surface area contributed by atoms with Crippen LogP contribution in [0.5, 0.6) is 0 Å². The fourth-order valence-electron chi connectivity index (χ4n) is 3.27. The molecule has 1 aromatic heterocycles. The Morgan fingerprint density at radius 3 is 2.62 bits per heavy atom. The maximum absolute atomic E-state index is 13.1. The number of anilines is 3. The van der Waals surface area contributed by atoms with Crippen molar-refractivity contribution in [3.05, 3.63) is 41.8 Å². The van der Waals surface area contributed by atoms with E-state index in [0.29, 0.717) is 23.0 Å². The normalized spacial score (nSPS) is 18.9. The number of aromatic nitrogens is 2. The number of hydrogen-bond acceptors (Lipinski definition) is 6. The number of hydrogen-bond donors (Lipinski definition) is 4. The molecule has 8 heteroatoms. The smallest absolute Gasteiger partial charge is 0.260 e. The fourth-order valence-corrected chi connectivity index (χ4v) is 3.27. The third-order valence-electron chi connectivity index (χ3n) is 4.99. The number of rotatable bonds is 8. The van der Waals surface area contributed by atoms with Crippen molar-refractivity contribution in [2.24, 2.45) is 0 Å². The second-order valence-electron chi connectivity index (χ2n) is 7.35. The van der Waals surface area contributed by atoms with Gasteiger partial charge in [0, 0.05) is 24.5 Å². The summed E-state index contributed by atoms with van der Waals surface area (Å²) in [5.74, 6) is 0.195. The van der Waals surface area contributed by atoms with Crippen molar-refractivity contribution >= 4 is 23.4 Å². The van der Waals surface area contributed by atoms with Gasteiger partial charge in [-0.15, -0.1) is 0 Å². The van der Waals surface area contributed by atoms with Crippen molar-refractivity contribution in [3.63, 3.8) is 0 Å². The van der Waals surface area contributed by atoms with Crippen molar-refractivity contribution in [3.8, 4) is 0 Å². The van der Waals surface area contributed by atoms with Crippen LogP contribution >= 0.6 is 0 Å². The van der Waals surface area contributed by atoms with E-state index in [0.717, 1.165) is 45.1 Å². The van der Waals surface area contributed by atoms with Gasteiger partial charge < -0.3 is 21.1 Å². The van der Waals surface area contributed by atoms with E-state index in [4.69, 9.17) is 0 Å². The molecule has 1 aliphatic carbocycles. The van der Waals surface area contributed by atoms with Crippen LogP contribution < -0.4 is 16.0 Å². The molecule has 1 heterocycles. The van der Waals surface area contributed by atoms with Crippen LogP contribution in [0.1, 0.15) is 55.8 Å². The van der Waals surface area contributed by atoms with Crippen molar-refractivity contribution in [1.82, 2.24) is 9.97 Å². The Balaban J connectivity index is 1.77. The number of carbonyl (C=O) groups excluding carboxylic acids is 1. The van der Waals surface area contributed by atoms with Crippen LogP contribution in [0.3, 0.4) is 0 Å². The number of aliphatic hydroxyl groups is 1. The van der Waals surface area contributed by atoms with E-state index in [1.165, 1.54) is 30.5 Å². The van der Waals surface area contributed by atoms with Crippen LogP contribution in [0, 0.1) is 5.82 Å². The first-order valence-electron chi connectivity index (χ1n) is 10.2. The monoisotopic (exact) mass is 401 g/mol. The summed E-state index contributed by atoms with van der Waals surface area (Å²) >= 11 is 0. The highest BCUT2D eigenvalue weighted by atomic mass is 19.1. The van der Waals surface area contributed by atoms with E-state index in [-0.39, 0.29) is 23.9 Å². The predicted octanol–water partition coefficient (Wildman–Crippen LogP) is 3.80. The van der Waals surface area contributed by atoms with Gasteiger partial charge in [-0.3, -0.25) is 4.79 Å². The summed E-state index contributed by atoms with van der Waals surface area (Å²) in [6.45, 7) is 2.86. The summed E-state index contributed by atoms with van der Waals surface area (Å²) in [5, 5.41) is 19.0. The topological polar surface area (TPSA) is 99.2 Å². The van der Waals surface area contributed by atoms with E-state index in [1.54, 1.807) is 0 Å². The molecule has 3 rings (SSSR count). The Morgan fingerprint density at radius 2 is 1.93 bits per heavy atom. The van der Waals surface area contributed by atoms with Gasteiger partial charge in [0.15, 0.2) is 0 Å². The molecule has 2 aromatic rings. The van der Waals surface area contributed by atoms with Gasteiger partial charge >= 0.3 is 0 Å².